The maximum atomic E-state index is 12.7. The Hall–Kier alpha value is -2.71. The van der Waals surface area contributed by atoms with E-state index >= 15 is 0 Å². The van der Waals surface area contributed by atoms with Gasteiger partial charge in [-0.2, -0.15) is 13.9 Å². The maximum Gasteiger partial charge on any atom is 0.387 e. The Morgan fingerprint density at radius 3 is 2.50 bits per heavy atom. The molecule has 30 heavy (non-hydrogen) atoms. The van der Waals surface area contributed by atoms with E-state index in [1.54, 1.807) is 44.3 Å². The monoisotopic (exact) mass is 454 g/mol. The number of likely N-dealkylation sites (N-methyl/N-ethyl adjacent to an activating group) is 1. The first-order chi connectivity index (χ1) is 14.2. The van der Waals surface area contributed by atoms with Crippen molar-refractivity contribution in [2.24, 2.45) is 0 Å². The number of amides is 1. The van der Waals surface area contributed by atoms with Crippen LogP contribution in [-0.4, -0.2) is 39.2 Å². The Morgan fingerprint density at radius 2 is 1.87 bits per heavy atom. The molecule has 0 spiro atoms. The molecule has 3 rings (SSSR count). The average molecular weight is 455 g/mol. The third kappa shape index (κ3) is 5.46. The van der Waals surface area contributed by atoms with Crippen molar-refractivity contribution in [3.05, 3.63) is 63.9 Å². The fraction of sp³-hybridized carbons (Fsp3) is 0.250. The Labute approximate surface area is 182 Å². The van der Waals surface area contributed by atoms with E-state index in [4.69, 9.17) is 23.2 Å². The van der Waals surface area contributed by atoms with Crippen molar-refractivity contribution < 1.29 is 18.3 Å². The highest BCUT2D eigenvalue weighted by atomic mass is 35.5. The van der Waals surface area contributed by atoms with Gasteiger partial charge in [0.25, 0.3) is 0 Å². The highest BCUT2D eigenvalue weighted by Gasteiger charge is 2.17. The lowest BCUT2D eigenvalue weighted by atomic mass is 10.2. The van der Waals surface area contributed by atoms with E-state index in [2.05, 4.69) is 14.8 Å². The number of aromatic nitrogens is 3. The Morgan fingerprint density at radius 1 is 1.17 bits per heavy atom. The normalized spacial score (nSPS) is 11.0. The van der Waals surface area contributed by atoms with Crippen LogP contribution in [0, 0.1) is 6.92 Å². The molecule has 0 unspecified atom stereocenters. The summed E-state index contributed by atoms with van der Waals surface area (Å²) in [6, 6.07) is 11.2. The molecule has 6 nitrogen and oxygen atoms in total. The number of hydrogen-bond donors (Lipinski definition) is 0. The molecule has 0 aliphatic heterocycles. The standard InChI is InChI=1S/C20H18Cl2F2N4O2/c1-12-25-19(14-5-8-16(21)17(22)9-14)28(26-12)11-18(29)27(2)10-13-3-6-15(7-4-13)30-20(23)24/h3-9,20H,10-11H2,1-2H3. The molecule has 0 N–H and O–H groups in total. The van der Waals surface area contributed by atoms with Gasteiger partial charge in [0.05, 0.1) is 10.0 Å². The largest absolute Gasteiger partial charge is 0.435 e. The van der Waals surface area contributed by atoms with Crippen LogP contribution in [-0.2, 0) is 17.9 Å². The molecule has 0 radical (unpaired) electrons. The van der Waals surface area contributed by atoms with Gasteiger partial charge in [-0.15, -0.1) is 0 Å². The average Bonchev–Trinajstić information content (AvgIpc) is 3.05. The second-order valence-electron chi connectivity index (χ2n) is 6.54. The van der Waals surface area contributed by atoms with Crippen LogP contribution in [0.2, 0.25) is 10.0 Å². The van der Waals surface area contributed by atoms with Crippen LogP contribution in [0.1, 0.15) is 11.4 Å². The van der Waals surface area contributed by atoms with Crippen LogP contribution < -0.4 is 4.74 Å². The first-order valence-electron chi connectivity index (χ1n) is 8.87. The summed E-state index contributed by atoms with van der Waals surface area (Å²) in [5.41, 5.74) is 1.46. The van der Waals surface area contributed by atoms with Gasteiger partial charge in [0.1, 0.15) is 18.1 Å². The number of aryl methyl sites for hydroxylation is 1. The van der Waals surface area contributed by atoms with E-state index < -0.39 is 6.61 Å². The molecule has 1 amide bonds. The highest BCUT2D eigenvalue weighted by molar-refractivity contribution is 6.42. The van der Waals surface area contributed by atoms with Gasteiger partial charge in [0.15, 0.2) is 5.82 Å². The SMILES string of the molecule is Cc1nc(-c2ccc(Cl)c(Cl)c2)n(CC(=O)N(C)Cc2ccc(OC(F)F)cc2)n1. The number of hydrogen-bond acceptors (Lipinski definition) is 4. The van der Waals surface area contributed by atoms with Crippen molar-refractivity contribution in [3.8, 4) is 17.1 Å². The molecule has 0 atom stereocenters. The first-order valence-corrected chi connectivity index (χ1v) is 9.63. The van der Waals surface area contributed by atoms with Crippen molar-refractivity contribution in [1.29, 1.82) is 0 Å². The highest BCUT2D eigenvalue weighted by Crippen LogP contribution is 2.27. The van der Waals surface area contributed by atoms with Gasteiger partial charge in [-0.25, -0.2) is 9.67 Å². The molecular formula is C20H18Cl2F2N4O2. The predicted molar refractivity (Wildman–Crippen MR) is 110 cm³/mol. The summed E-state index contributed by atoms with van der Waals surface area (Å²) in [5.74, 6) is 0.878. The minimum absolute atomic E-state index is 0.0283. The number of carbonyl (C=O) groups excluding carboxylic acids is 1. The van der Waals surface area contributed by atoms with Crippen molar-refractivity contribution in [2.45, 2.75) is 26.6 Å². The zero-order valence-electron chi connectivity index (χ0n) is 16.2. The van der Waals surface area contributed by atoms with Gasteiger partial charge in [-0.05, 0) is 42.8 Å². The number of ether oxygens (including phenoxy) is 1. The van der Waals surface area contributed by atoms with Crippen LogP contribution in [0.5, 0.6) is 5.75 Å². The van der Waals surface area contributed by atoms with Crippen molar-refractivity contribution in [2.75, 3.05) is 7.05 Å². The van der Waals surface area contributed by atoms with E-state index in [0.717, 1.165) is 5.56 Å². The predicted octanol–water partition coefficient (Wildman–Crippen LogP) is 4.82. The lowest BCUT2D eigenvalue weighted by Crippen LogP contribution is -2.30. The van der Waals surface area contributed by atoms with Crippen LogP contribution in [0.3, 0.4) is 0 Å². The van der Waals surface area contributed by atoms with Crippen LogP contribution in [0.15, 0.2) is 42.5 Å². The molecule has 1 aromatic heterocycles. The van der Waals surface area contributed by atoms with Gasteiger partial charge in [0.2, 0.25) is 5.91 Å². The quantitative estimate of drug-likeness (QED) is 0.513. The minimum Gasteiger partial charge on any atom is -0.435 e. The summed E-state index contributed by atoms with van der Waals surface area (Å²) in [6.07, 6.45) is 0. The molecule has 1 heterocycles. The molecular weight excluding hydrogens is 437 g/mol. The summed E-state index contributed by atoms with van der Waals surface area (Å²) < 4.78 is 30.3. The second-order valence-corrected chi connectivity index (χ2v) is 7.36. The van der Waals surface area contributed by atoms with E-state index in [0.29, 0.717) is 33.8 Å². The minimum atomic E-state index is -2.88. The molecule has 158 valence electrons. The zero-order valence-corrected chi connectivity index (χ0v) is 17.7. The topological polar surface area (TPSA) is 60.2 Å². The molecule has 0 bridgehead atoms. The Bertz CT molecular complexity index is 1040. The van der Waals surface area contributed by atoms with Gasteiger partial charge >= 0.3 is 6.61 Å². The van der Waals surface area contributed by atoms with Crippen LogP contribution >= 0.6 is 23.2 Å². The third-order valence-electron chi connectivity index (χ3n) is 4.23. The molecule has 0 saturated carbocycles. The van der Waals surface area contributed by atoms with Crippen LogP contribution in [0.4, 0.5) is 8.78 Å². The summed E-state index contributed by atoms with van der Waals surface area (Å²) in [7, 11) is 1.65. The number of rotatable bonds is 7. The van der Waals surface area contributed by atoms with E-state index in [1.165, 1.54) is 21.7 Å². The Kier molecular flexibility index (Phi) is 6.89. The second kappa shape index (κ2) is 9.40. The van der Waals surface area contributed by atoms with Crippen molar-refractivity contribution in [3.63, 3.8) is 0 Å². The fourth-order valence-corrected chi connectivity index (χ4v) is 3.10. The summed E-state index contributed by atoms with van der Waals surface area (Å²) >= 11 is 12.1. The Balaban J connectivity index is 1.70. The van der Waals surface area contributed by atoms with E-state index in [1.807, 2.05) is 0 Å². The smallest absolute Gasteiger partial charge is 0.387 e. The molecule has 0 saturated heterocycles. The lowest BCUT2D eigenvalue weighted by Gasteiger charge is -2.18. The van der Waals surface area contributed by atoms with E-state index in [-0.39, 0.29) is 18.2 Å². The number of nitrogens with zero attached hydrogens (tertiary/aromatic N) is 4. The number of benzene rings is 2. The summed E-state index contributed by atoms with van der Waals surface area (Å²) in [5, 5.41) is 5.10. The maximum absolute atomic E-state index is 12.7. The molecule has 0 aliphatic rings. The number of carbonyl (C=O) groups is 1. The van der Waals surface area contributed by atoms with Gasteiger partial charge in [-0.1, -0.05) is 35.3 Å². The fourth-order valence-electron chi connectivity index (χ4n) is 2.80. The molecule has 2 aromatic carbocycles. The van der Waals surface area contributed by atoms with Crippen molar-refractivity contribution >= 4 is 29.1 Å². The molecule has 0 aliphatic carbocycles. The summed E-state index contributed by atoms with van der Waals surface area (Å²) in [4.78, 5) is 18.6. The van der Waals surface area contributed by atoms with Crippen LogP contribution in [0.25, 0.3) is 11.4 Å². The third-order valence-corrected chi connectivity index (χ3v) is 4.97. The molecule has 0 fully saturated rings. The van der Waals surface area contributed by atoms with E-state index in [9.17, 15) is 13.6 Å². The van der Waals surface area contributed by atoms with Gasteiger partial charge < -0.3 is 9.64 Å². The van der Waals surface area contributed by atoms with Crippen molar-refractivity contribution in [1.82, 2.24) is 19.7 Å². The summed E-state index contributed by atoms with van der Waals surface area (Å²) in [6.45, 7) is -0.881. The first kappa shape index (κ1) is 22.0. The number of halogens is 4. The van der Waals surface area contributed by atoms with Gasteiger partial charge in [-0.3, -0.25) is 4.79 Å². The lowest BCUT2D eigenvalue weighted by molar-refractivity contribution is -0.131. The zero-order chi connectivity index (χ0) is 21.8. The number of alkyl halides is 2. The molecule has 3 aromatic rings. The molecule has 10 heteroatoms. The van der Waals surface area contributed by atoms with Gasteiger partial charge in [0, 0.05) is 19.2 Å².